The van der Waals surface area contributed by atoms with Crippen molar-refractivity contribution in [3.63, 3.8) is 0 Å². The zero-order chi connectivity index (χ0) is 19.8. The zero-order valence-electron chi connectivity index (χ0n) is 15.1. The summed E-state index contributed by atoms with van der Waals surface area (Å²) in [6.07, 6.45) is 0. The van der Waals surface area contributed by atoms with Gasteiger partial charge in [-0.3, -0.25) is 9.59 Å². The van der Waals surface area contributed by atoms with E-state index in [1.807, 2.05) is 42.5 Å². The van der Waals surface area contributed by atoms with Crippen LogP contribution >= 0.6 is 22.6 Å². The van der Waals surface area contributed by atoms with Crippen LogP contribution in [0.25, 0.3) is 0 Å². The molecule has 0 saturated carbocycles. The van der Waals surface area contributed by atoms with Gasteiger partial charge in [-0.05, 0) is 52.8 Å². The lowest BCUT2D eigenvalue weighted by atomic mass is 10.1. The lowest BCUT2D eigenvalue weighted by Gasteiger charge is -2.12. The summed E-state index contributed by atoms with van der Waals surface area (Å²) in [6, 6.07) is 13.6. The van der Waals surface area contributed by atoms with E-state index in [4.69, 9.17) is 4.74 Å². The Bertz CT molecular complexity index is 836. The van der Waals surface area contributed by atoms with E-state index in [2.05, 4.69) is 10.6 Å². The predicted molar refractivity (Wildman–Crippen MR) is 112 cm³/mol. The van der Waals surface area contributed by atoms with Gasteiger partial charge in [0.1, 0.15) is 0 Å². The Labute approximate surface area is 171 Å². The van der Waals surface area contributed by atoms with E-state index in [0.29, 0.717) is 29.3 Å². The Morgan fingerprint density at radius 3 is 2.30 bits per heavy atom. The number of ether oxygens (including phenoxy) is 1. The SMILES string of the molecule is CC(C)CNC(=O)c1ccccc1NC(=O)COC(=O)c1ccccc1I. The molecule has 0 unspecified atom stereocenters. The molecule has 2 aromatic rings. The second-order valence-corrected chi connectivity index (χ2v) is 7.42. The molecule has 2 N–H and O–H groups in total. The molecule has 142 valence electrons. The first-order valence-electron chi connectivity index (χ1n) is 8.47. The van der Waals surface area contributed by atoms with Crippen molar-refractivity contribution in [2.24, 2.45) is 5.92 Å². The first-order valence-corrected chi connectivity index (χ1v) is 9.55. The van der Waals surface area contributed by atoms with Gasteiger partial charge in [0, 0.05) is 10.1 Å². The van der Waals surface area contributed by atoms with Crippen LogP contribution in [0.3, 0.4) is 0 Å². The van der Waals surface area contributed by atoms with Gasteiger partial charge in [0.15, 0.2) is 6.61 Å². The van der Waals surface area contributed by atoms with Crippen molar-refractivity contribution in [2.45, 2.75) is 13.8 Å². The van der Waals surface area contributed by atoms with Gasteiger partial charge in [0.2, 0.25) is 0 Å². The highest BCUT2D eigenvalue weighted by atomic mass is 127. The summed E-state index contributed by atoms with van der Waals surface area (Å²) in [5, 5.41) is 5.44. The zero-order valence-corrected chi connectivity index (χ0v) is 17.3. The maximum atomic E-state index is 12.3. The van der Waals surface area contributed by atoms with Crippen molar-refractivity contribution in [1.29, 1.82) is 0 Å². The van der Waals surface area contributed by atoms with E-state index in [9.17, 15) is 14.4 Å². The molecule has 0 spiro atoms. The quantitative estimate of drug-likeness (QED) is 0.470. The molecular weight excluding hydrogens is 459 g/mol. The van der Waals surface area contributed by atoms with Gasteiger partial charge in [-0.15, -0.1) is 0 Å². The minimum absolute atomic E-state index is 0.268. The van der Waals surface area contributed by atoms with E-state index in [1.165, 1.54) is 0 Å². The van der Waals surface area contributed by atoms with Crippen LogP contribution in [0.1, 0.15) is 34.6 Å². The molecule has 0 bridgehead atoms. The van der Waals surface area contributed by atoms with Crippen LogP contribution in [-0.4, -0.2) is 30.9 Å². The third-order valence-corrected chi connectivity index (χ3v) is 4.49. The Hall–Kier alpha value is -2.42. The predicted octanol–water partition coefficient (Wildman–Crippen LogP) is 3.47. The molecule has 0 fully saturated rings. The number of benzene rings is 2. The van der Waals surface area contributed by atoms with Crippen molar-refractivity contribution in [3.8, 4) is 0 Å². The Kier molecular flexibility index (Phi) is 7.78. The average molecular weight is 480 g/mol. The molecule has 2 rings (SSSR count). The first-order chi connectivity index (χ1) is 12.9. The number of nitrogens with one attached hydrogen (secondary N) is 2. The number of rotatable bonds is 7. The minimum Gasteiger partial charge on any atom is -0.452 e. The fourth-order valence-electron chi connectivity index (χ4n) is 2.20. The lowest BCUT2D eigenvalue weighted by molar-refractivity contribution is -0.119. The van der Waals surface area contributed by atoms with Gasteiger partial charge in [0.25, 0.3) is 11.8 Å². The van der Waals surface area contributed by atoms with Crippen LogP contribution < -0.4 is 10.6 Å². The van der Waals surface area contributed by atoms with Crippen molar-refractivity contribution in [2.75, 3.05) is 18.5 Å². The second kappa shape index (κ2) is 10.1. The average Bonchev–Trinajstić information content (AvgIpc) is 2.65. The van der Waals surface area contributed by atoms with Crippen molar-refractivity contribution < 1.29 is 19.1 Å². The fourth-order valence-corrected chi connectivity index (χ4v) is 2.81. The summed E-state index contributed by atoms with van der Waals surface area (Å²) in [7, 11) is 0. The number of para-hydroxylation sites is 1. The Balaban J connectivity index is 1.97. The number of anilines is 1. The van der Waals surface area contributed by atoms with E-state index in [-0.39, 0.29) is 5.91 Å². The van der Waals surface area contributed by atoms with E-state index >= 15 is 0 Å². The molecule has 0 aliphatic heterocycles. The van der Waals surface area contributed by atoms with Crippen molar-refractivity contribution in [3.05, 3.63) is 63.2 Å². The molecule has 0 radical (unpaired) electrons. The van der Waals surface area contributed by atoms with Crippen LogP contribution in [0.4, 0.5) is 5.69 Å². The van der Waals surface area contributed by atoms with E-state index < -0.39 is 18.5 Å². The highest BCUT2D eigenvalue weighted by Gasteiger charge is 2.16. The summed E-state index contributed by atoms with van der Waals surface area (Å²) in [5.74, 6) is -1.04. The summed E-state index contributed by atoms with van der Waals surface area (Å²) < 4.78 is 5.81. The third kappa shape index (κ3) is 6.35. The number of carbonyl (C=O) groups excluding carboxylic acids is 3. The number of carbonyl (C=O) groups is 3. The third-order valence-electron chi connectivity index (χ3n) is 3.54. The topological polar surface area (TPSA) is 84.5 Å². The largest absolute Gasteiger partial charge is 0.452 e. The first kappa shape index (κ1) is 20.9. The van der Waals surface area contributed by atoms with Crippen molar-refractivity contribution >= 4 is 46.1 Å². The van der Waals surface area contributed by atoms with Gasteiger partial charge >= 0.3 is 5.97 Å². The molecule has 6 nitrogen and oxygen atoms in total. The van der Waals surface area contributed by atoms with E-state index in [1.54, 1.807) is 42.5 Å². The van der Waals surface area contributed by atoms with E-state index in [0.717, 1.165) is 3.57 Å². The van der Waals surface area contributed by atoms with Crippen LogP contribution in [-0.2, 0) is 9.53 Å². The molecule has 0 saturated heterocycles. The van der Waals surface area contributed by atoms with Gasteiger partial charge in [-0.25, -0.2) is 4.79 Å². The molecule has 2 aromatic carbocycles. The highest BCUT2D eigenvalue weighted by Crippen LogP contribution is 2.16. The van der Waals surface area contributed by atoms with Gasteiger partial charge in [0.05, 0.1) is 16.8 Å². The standard InChI is InChI=1S/C20H21IN2O4/c1-13(2)11-22-19(25)15-8-4-6-10-17(15)23-18(24)12-27-20(26)14-7-3-5-9-16(14)21/h3-10,13H,11-12H2,1-2H3,(H,22,25)(H,23,24). The highest BCUT2D eigenvalue weighted by molar-refractivity contribution is 14.1. The normalized spacial score (nSPS) is 10.4. The van der Waals surface area contributed by atoms with Crippen LogP contribution in [0, 0.1) is 9.49 Å². The van der Waals surface area contributed by atoms with Gasteiger partial charge < -0.3 is 15.4 Å². The van der Waals surface area contributed by atoms with Crippen LogP contribution in [0.2, 0.25) is 0 Å². The molecule has 0 heterocycles. The molecule has 27 heavy (non-hydrogen) atoms. The fraction of sp³-hybridized carbons (Fsp3) is 0.250. The summed E-state index contributed by atoms with van der Waals surface area (Å²) >= 11 is 2.03. The second-order valence-electron chi connectivity index (χ2n) is 6.25. The van der Waals surface area contributed by atoms with Crippen LogP contribution in [0.15, 0.2) is 48.5 Å². The summed E-state index contributed by atoms with van der Waals surface area (Å²) in [4.78, 5) is 36.5. The van der Waals surface area contributed by atoms with Crippen LogP contribution in [0.5, 0.6) is 0 Å². The number of hydrogen-bond acceptors (Lipinski definition) is 4. The lowest BCUT2D eigenvalue weighted by Crippen LogP contribution is -2.29. The number of hydrogen-bond donors (Lipinski definition) is 2. The van der Waals surface area contributed by atoms with Gasteiger partial charge in [-0.1, -0.05) is 38.1 Å². The molecular formula is C20H21IN2O4. The molecule has 0 aliphatic carbocycles. The molecule has 0 aromatic heterocycles. The smallest absolute Gasteiger partial charge is 0.339 e. The Morgan fingerprint density at radius 2 is 1.63 bits per heavy atom. The molecule has 0 atom stereocenters. The monoisotopic (exact) mass is 480 g/mol. The maximum Gasteiger partial charge on any atom is 0.339 e. The number of halogens is 1. The molecule has 7 heteroatoms. The number of amides is 2. The summed E-state index contributed by atoms with van der Waals surface area (Å²) in [5.41, 5.74) is 1.13. The van der Waals surface area contributed by atoms with Crippen molar-refractivity contribution in [1.82, 2.24) is 5.32 Å². The maximum absolute atomic E-state index is 12.3. The van der Waals surface area contributed by atoms with Gasteiger partial charge in [-0.2, -0.15) is 0 Å². The molecule has 2 amide bonds. The number of esters is 1. The Morgan fingerprint density at radius 1 is 1.00 bits per heavy atom. The molecule has 0 aliphatic rings. The summed E-state index contributed by atoms with van der Waals surface area (Å²) in [6.45, 7) is 4.09. The minimum atomic E-state index is -0.571.